The van der Waals surface area contributed by atoms with Crippen LogP contribution < -0.4 is 5.32 Å². The van der Waals surface area contributed by atoms with Crippen LogP contribution in [-0.2, 0) is 0 Å². The molecule has 4 heteroatoms. The van der Waals surface area contributed by atoms with Gasteiger partial charge in [-0.25, -0.2) is 9.97 Å². The molecule has 0 saturated heterocycles. The summed E-state index contributed by atoms with van der Waals surface area (Å²) in [4.78, 5) is 8.51. The predicted octanol–water partition coefficient (Wildman–Crippen LogP) is 2.75. The molecule has 0 amide bonds. The monoisotopic (exact) mass is 225 g/mol. The maximum atomic E-state index is 6.03. The molecule has 3 nitrogen and oxygen atoms in total. The highest BCUT2D eigenvalue weighted by atomic mass is 35.5. The third-order valence-corrected chi connectivity index (χ3v) is 3.49. The fraction of sp³-hybridized carbons (Fsp3) is 0.636. The Morgan fingerprint density at radius 3 is 2.47 bits per heavy atom. The van der Waals surface area contributed by atoms with Crippen molar-refractivity contribution in [2.45, 2.75) is 38.1 Å². The summed E-state index contributed by atoms with van der Waals surface area (Å²) in [5.41, 5.74) is 1.10. The molecule has 0 bridgehead atoms. The Morgan fingerprint density at radius 1 is 1.33 bits per heavy atom. The lowest BCUT2D eigenvalue weighted by Crippen LogP contribution is -2.37. The van der Waals surface area contributed by atoms with Crippen LogP contribution in [0.5, 0.6) is 0 Å². The van der Waals surface area contributed by atoms with Gasteiger partial charge < -0.3 is 5.32 Å². The molecule has 1 aliphatic carbocycles. The van der Waals surface area contributed by atoms with Crippen LogP contribution >= 0.6 is 11.6 Å². The Bertz CT molecular complexity index is 317. The number of hydrogen-bond acceptors (Lipinski definition) is 3. The van der Waals surface area contributed by atoms with E-state index in [4.69, 9.17) is 11.6 Å². The zero-order valence-electron chi connectivity index (χ0n) is 8.96. The van der Waals surface area contributed by atoms with Crippen molar-refractivity contribution in [3.63, 3.8) is 0 Å². The van der Waals surface area contributed by atoms with Gasteiger partial charge in [-0.15, -0.1) is 11.6 Å². The summed E-state index contributed by atoms with van der Waals surface area (Å²) in [7, 11) is 0. The van der Waals surface area contributed by atoms with Crippen molar-refractivity contribution >= 4 is 17.5 Å². The fourth-order valence-corrected chi connectivity index (χ4v) is 2.37. The molecule has 0 aliphatic heterocycles. The van der Waals surface area contributed by atoms with Gasteiger partial charge >= 0.3 is 0 Å². The van der Waals surface area contributed by atoms with Crippen LogP contribution in [-0.4, -0.2) is 21.4 Å². The van der Waals surface area contributed by atoms with Gasteiger partial charge in [0.05, 0.1) is 5.54 Å². The minimum atomic E-state index is 0.0246. The van der Waals surface area contributed by atoms with E-state index in [9.17, 15) is 0 Å². The van der Waals surface area contributed by atoms with Crippen LogP contribution in [0.3, 0.4) is 0 Å². The maximum Gasteiger partial charge on any atom is 0.223 e. The van der Waals surface area contributed by atoms with E-state index in [0.717, 1.165) is 18.4 Å². The van der Waals surface area contributed by atoms with Crippen LogP contribution in [0.1, 0.15) is 31.2 Å². The van der Waals surface area contributed by atoms with Crippen molar-refractivity contribution in [2.24, 2.45) is 0 Å². The average molecular weight is 226 g/mol. The van der Waals surface area contributed by atoms with Crippen LogP contribution in [0.15, 0.2) is 12.4 Å². The number of hydrogen-bond donors (Lipinski definition) is 1. The van der Waals surface area contributed by atoms with E-state index in [1.807, 2.05) is 19.3 Å². The number of aryl methyl sites for hydroxylation is 1. The number of anilines is 1. The van der Waals surface area contributed by atoms with Crippen molar-refractivity contribution < 1.29 is 0 Å². The largest absolute Gasteiger partial charge is 0.348 e. The molecule has 1 N–H and O–H groups in total. The second-order valence-electron chi connectivity index (χ2n) is 4.33. The molecule has 1 aromatic rings. The molecule has 0 unspecified atom stereocenters. The normalized spacial score (nSPS) is 19.1. The van der Waals surface area contributed by atoms with E-state index in [1.165, 1.54) is 12.8 Å². The van der Waals surface area contributed by atoms with Crippen molar-refractivity contribution in [3.05, 3.63) is 18.0 Å². The zero-order chi connectivity index (χ0) is 10.7. The molecular weight excluding hydrogens is 210 g/mol. The summed E-state index contributed by atoms with van der Waals surface area (Å²) in [6.07, 6.45) is 8.37. The van der Waals surface area contributed by atoms with Gasteiger partial charge in [-0.3, -0.25) is 0 Å². The topological polar surface area (TPSA) is 37.8 Å². The lowest BCUT2D eigenvalue weighted by molar-refractivity contribution is 0.534. The van der Waals surface area contributed by atoms with Gasteiger partial charge in [0.25, 0.3) is 0 Å². The molecule has 0 radical (unpaired) electrons. The summed E-state index contributed by atoms with van der Waals surface area (Å²) < 4.78 is 0. The Balaban J connectivity index is 2.09. The summed E-state index contributed by atoms with van der Waals surface area (Å²) in [6.45, 7) is 1.98. The molecule has 1 fully saturated rings. The van der Waals surface area contributed by atoms with Gasteiger partial charge in [0, 0.05) is 18.3 Å². The molecule has 1 heterocycles. The van der Waals surface area contributed by atoms with E-state index in [2.05, 4.69) is 15.3 Å². The minimum absolute atomic E-state index is 0.0246. The minimum Gasteiger partial charge on any atom is -0.348 e. The summed E-state index contributed by atoms with van der Waals surface area (Å²) in [6, 6.07) is 0. The lowest BCUT2D eigenvalue weighted by atomic mass is 10.0. The molecule has 1 aromatic heterocycles. The van der Waals surface area contributed by atoms with Crippen molar-refractivity contribution in [1.82, 2.24) is 9.97 Å². The first-order valence-corrected chi connectivity index (χ1v) is 5.90. The molecule has 0 spiro atoms. The summed E-state index contributed by atoms with van der Waals surface area (Å²) in [5, 5.41) is 3.38. The molecule has 1 aliphatic rings. The average Bonchev–Trinajstić information content (AvgIpc) is 2.71. The fourth-order valence-electron chi connectivity index (χ4n) is 2.04. The standard InChI is InChI=1S/C11H16ClN3/c1-9-6-13-10(14-7-9)15-11(8-12)4-2-3-5-11/h6-7H,2-5,8H2,1H3,(H,13,14,15). The maximum absolute atomic E-state index is 6.03. The molecule has 0 atom stereocenters. The van der Waals surface area contributed by atoms with Gasteiger partial charge in [-0.1, -0.05) is 12.8 Å². The first-order valence-electron chi connectivity index (χ1n) is 5.37. The molecule has 82 valence electrons. The van der Waals surface area contributed by atoms with Gasteiger partial charge in [0.1, 0.15) is 0 Å². The molecule has 1 saturated carbocycles. The van der Waals surface area contributed by atoms with Gasteiger partial charge in [0.15, 0.2) is 0 Å². The number of aromatic nitrogens is 2. The predicted molar refractivity (Wildman–Crippen MR) is 62.3 cm³/mol. The number of halogens is 1. The second kappa shape index (κ2) is 4.35. The van der Waals surface area contributed by atoms with Crippen LogP contribution in [0.4, 0.5) is 5.95 Å². The van der Waals surface area contributed by atoms with Crippen molar-refractivity contribution in [1.29, 1.82) is 0 Å². The zero-order valence-corrected chi connectivity index (χ0v) is 9.72. The van der Waals surface area contributed by atoms with E-state index in [0.29, 0.717) is 11.8 Å². The quantitative estimate of drug-likeness (QED) is 0.804. The van der Waals surface area contributed by atoms with Crippen LogP contribution in [0.25, 0.3) is 0 Å². The number of nitrogens with one attached hydrogen (secondary N) is 1. The van der Waals surface area contributed by atoms with E-state index < -0.39 is 0 Å². The highest BCUT2D eigenvalue weighted by Gasteiger charge is 2.33. The highest BCUT2D eigenvalue weighted by molar-refractivity contribution is 6.18. The summed E-state index contributed by atoms with van der Waals surface area (Å²) in [5.74, 6) is 1.33. The number of rotatable bonds is 3. The first-order chi connectivity index (χ1) is 7.24. The Hall–Kier alpha value is -0.830. The van der Waals surface area contributed by atoms with E-state index in [1.54, 1.807) is 0 Å². The van der Waals surface area contributed by atoms with Crippen molar-refractivity contribution in [3.8, 4) is 0 Å². The Kier molecular flexibility index (Phi) is 3.10. The summed E-state index contributed by atoms with van der Waals surface area (Å²) >= 11 is 6.03. The van der Waals surface area contributed by atoms with Gasteiger partial charge in [0.2, 0.25) is 5.95 Å². The lowest BCUT2D eigenvalue weighted by Gasteiger charge is -2.27. The third kappa shape index (κ3) is 2.40. The number of nitrogens with zero attached hydrogens (tertiary/aromatic N) is 2. The van der Waals surface area contributed by atoms with E-state index >= 15 is 0 Å². The Labute approximate surface area is 95.3 Å². The molecule has 2 rings (SSSR count). The molecular formula is C11H16ClN3. The van der Waals surface area contributed by atoms with Gasteiger partial charge in [-0.05, 0) is 25.3 Å². The third-order valence-electron chi connectivity index (χ3n) is 2.97. The number of alkyl halides is 1. The second-order valence-corrected chi connectivity index (χ2v) is 4.60. The van der Waals surface area contributed by atoms with Crippen molar-refractivity contribution in [2.75, 3.05) is 11.2 Å². The molecule has 0 aromatic carbocycles. The first kappa shape index (κ1) is 10.7. The van der Waals surface area contributed by atoms with Crippen LogP contribution in [0.2, 0.25) is 0 Å². The Morgan fingerprint density at radius 2 is 1.93 bits per heavy atom. The molecule has 15 heavy (non-hydrogen) atoms. The van der Waals surface area contributed by atoms with E-state index in [-0.39, 0.29) is 5.54 Å². The van der Waals surface area contributed by atoms with Crippen LogP contribution in [0, 0.1) is 6.92 Å². The smallest absolute Gasteiger partial charge is 0.223 e. The van der Waals surface area contributed by atoms with Gasteiger partial charge in [-0.2, -0.15) is 0 Å². The SMILES string of the molecule is Cc1cnc(NC2(CCl)CCCC2)nc1. The highest BCUT2D eigenvalue weighted by Crippen LogP contribution is 2.33.